The average molecular weight is 226 g/mol. The summed E-state index contributed by atoms with van der Waals surface area (Å²) in [5, 5.41) is -0.463. The maximum absolute atomic E-state index is 11.8. The molecular formula is C8H16ClNO2S. The van der Waals surface area contributed by atoms with Crippen molar-refractivity contribution in [1.29, 1.82) is 0 Å². The normalized spacial score (nSPS) is 20.6. The van der Waals surface area contributed by atoms with Crippen LogP contribution in [0.5, 0.6) is 0 Å². The molecule has 1 fully saturated rings. The van der Waals surface area contributed by atoms with Crippen LogP contribution in [0.2, 0.25) is 0 Å². The lowest BCUT2D eigenvalue weighted by Crippen LogP contribution is -2.39. The van der Waals surface area contributed by atoms with Crippen molar-refractivity contribution in [1.82, 2.24) is 4.31 Å². The van der Waals surface area contributed by atoms with E-state index in [1.165, 1.54) is 0 Å². The molecule has 0 amide bonds. The van der Waals surface area contributed by atoms with Crippen molar-refractivity contribution in [3.8, 4) is 0 Å². The lowest BCUT2D eigenvalue weighted by atomic mass is 10.6. The molecule has 13 heavy (non-hydrogen) atoms. The number of alkyl halides is 1. The first-order valence-corrected chi connectivity index (χ1v) is 6.64. The van der Waals surface area contributed by atoms with Crippen LogP contribution in [0.15, 0.2) is 0 Å². The third-order valence-corrected chi connectivity index (χ3v) is 5.36. The number of nitrogens with zero attached hydrogens (tertiary/aromatic N) is 1. The van der Waals surface area contributed by atoms with Gasteiger partial charge in [0.1, 0.15) is 0 Å². The van der Waals surface area contributed by atoms with Gasteiger partial charge in [0.05, 0.1) is 5.25 Å². The third-order valence-electron chi connectivity index (χ3n) is 2.32. The van der Waals surface area contributed by atoms with Gasteiger partial charge in [-0.1, -0.05) is 6.92 Å². The molecule has 0 aromatic rings. The van der Waals surface area contributed by atoms with Gasteiger partial charge in [-0.05, 0) is 19.8 Å². The van der Waals surface area contributed by atoms with Gasteiger partial charge in [0.2, 0.25) is 10.0 Å². The van der Waals surface area contributed by atoms with Gasteiger partial charge in [-0.2, -0.15) is 4.31 Å². The van der Waals surface area contributed by atoms with Crippen LogP contribution < -0.4 is 0 Å². The van der Waals surface area contributed by atoms with E-state index in [2.05, 4.69) is 0 Å². The molecule has 0 aromatic heterocycles. The van der Waals surface area contributed by atoms with E-state index >= 15 is 0 Å². The molecule has 78 valence electrons. The minimum Gasteiger partial charge on any atom is -0.212 e. The highest BCUT2D eigenvalue weighted by Gasteiger charge is 2.38. The molecular weight excluding hydrogens is 210 g/mol. The average Bonchev–Trinajstić information content (AvgIpc) is 2.87. The van der Waals surface area contributed by atoms with Crippen LogP contribution in [-0.2, 0) is 10.0 Å². The van der Waals surface area contributed by atoms with Crippen molar-refractivity contribution >= 4 is 21.6 Å². The largest absolute Gasteiger partial charge is 0.218 e. The maximum Gasteiger partial charge on any atom is 0.218 e. The summed E-state index contributed by atoms with van der Waals surface area (Å²) in [6.45, 7) is 4.10. The number of rotatable bonds is 5. The number of hydrogen-bond donors (Lipinski definition) is 0. The Morgan fingerprint density at radius 2 is 2.08 bits per heavy atom. The fourth-order valence-corrected chi connectivity index (χ4v) is 3.40. The predicted molar refractivity (Wildman–Crippen MR) is 54.5 cm³/mol. The monoisotopic (exact) mass is 225 g/mol. The Morgan fingerprint density at radius 3 is 2.38 bits per heavy atom. The molecule has 1 aliphatic carbocycles. The Hall–Kier alpha value is 0.200. The summed E-state index contributed by atoms with van der Waals surface area (Å²) in [6, 6.07) is 0.251. The Kier molecular flexibility index (Phi) is 3.60. The van der Waals surface area contributed by atoms with E-state index in [-0.39, 0.29) is 11.9 Å². The van der Waals surface area contributed by atoms with Crippen molar-refractivity contribution in [3.05, 3.63) is 0 Å². The Labute approximate surface area is 85.1 Å². The van der Waals surface area contributed by atoms with Crippen LogP contribution >= 0.6 is 11.6 Å². The van der Waals surface area contributed by atoms with Crippen molar-refractivity contribution in [2.24, 2.45) is 0 Å². The molecule has 0 N–H and O–H groups in total. The van der Waals surface area contributed by atoms with Gasteiger partial charge >= 0.3 is 0 Å². The van der Waals surface area contributed by atoms with Crippen molar-refractivity contribution in [3.63, 3.8) is 0 Å². The summed E-state index contributed by atoms with van der Waals surface area (Å²) >= 11 is 5.56. The third kappa shape index (κ3) is 2.36. The summed E-state index contributed by atoms with van der Waals surface area (Å²) in [5.74, 6) is 0.172. The van der Waals surface area contributed by atoms with Crippen LogP contribution in [0.4, 0.5) is 0 Å². The first-order valence-electron chi connectivity index (χ1n) is 4.60. The zero-order valence-electron chi connectivity index (χ0n) is 8.03. The van der Waals surface area contributed by atoms with Crippen LogP contribution in [0, 0.1) is 0 Å². The number of halogens is 1. The van der Waals surface area contributed by atoms with Gasteiger partial charge in [0.15, 0.2) is 0 Å². The number of sulfonamides is 1. The summed E-state index contributed by atoms with van der Waals surface area (Å²) in [4.78, 5) is 0. The molecule has 1 atom stereocenters. The quantitative estimate of drug-likeness (QED) is 0.664. The van der Waals surface area contributed by atoms with Gasteiger partial charge in [0.25, 0.3) is 0 Å². The Balaban J connectivity index is 2.76. The van der Waals surface area contributed by atoms with Crippen LogP contribution in [-0.4, -0.2) is 36.4 Å². The zero-order valence-corrected chi connectivity index (χ0v) is 9.61. The lowest BCUT2D eigenvalue weighted by Gasteiger charge is -2.23. The molecule has 0 aliphatic heterocycles. The minimum absolute atomic E-state index is 0.172. The molecule has 0 saturated heterocycles. The van der Waals surface area contributed by atoms with Crippen LogP contribution in [0.3, 0.4) is 0 Å². The SMILES string of the molecule is CCN(C1CC1)S(=O)(=O)C(C)CCl. The fraction of sp³-hybridized carbons (Fsp3) is 1.00. The highest BCUT2D eigenvalue weighted by atomic mass is 35.5. The van der Waals surface area contributed by atoms with E-state index in [4.69, 9.17) is 11.6 Å². The summed E-state index contributed by atoms with van der Waals surface area (Å²) in [5.41, 5.74) is 0. The Bertz CT molecular complexity index is 261. The molecule has 0 aromatic carbocycles. The Morgan fingerprint density at radius 1 is 1.54 bits per heavy atom. The molecule has 1 unspecified atom stereocenters. The molecule has 0 spiro atoms. The van der Waals surface area contributed by atoms with E-state index < -0.39 is 15.3 Å². The van der Waals surface area contributed by atoms with E-state index in [0.717, 1.165) is 12.8 Å². The molecule has 1 saturated carbocycles. The standard InChI is InChI=1S/C8H16ClNO2S/c1-3-10(8-4-5-8)13(11,12)7(2)6-9/h7-8H,3-6H2,1-2H3. The van der Waals surface area contributed by atoms with Gasteiger partial charge < -0.3 is 0 Å². The van der Waals surface area contributed by atoms with E-state index in [1.807, 2.05) is 6.92 Å². The van der Waals surface area contributed by atoms with Gasteiger partial charge in [-0.15, -0.1) is 11.6 Å². The second-order valence-corrected chi connectivity index (χ2v) is 6.06. The van der Waals surface area contributed by atoms with Crippen molar-refractivity contribution in [2.45, 2.75) is 38.0 Å². The van der Waals surface area contributed by atoms with Gasteiger partial charge in [0, 0.05) is 18.5 Å². The second-order valence-electron chi connectivity index (χ2n) is 3.44. The lowest BCUT2D eigenvalue weighted by molar-refractivity contribution is 0.416. The van der Waals surface area contributed by atoms with E-state index in [1.54, 1.807) is 11.2 Å². The fourth-order valence-electron chi connectivity index (χ4n) is 1.32. The van der Waals surface area contributed by atoms with Gasteiger partial charge in [-0.3, -0.25) is 0 Å². The highest BCUT2D eigenvalue weighted by Crippen LogP contribution is 2.30. The molecule has 1 rings (SSSR count). The summed E-state index contributed by atoms with van der Waals surface area (Å²) < 4.78 is 25.2. The van der Waals surface area contributed by atoms with Crippen LogP contribution in [0.1, 0.15) is 26.7 Å². The van der Waals surface area contributed by atoms with Crippen molar-refractivity contribution in [2.75, 3.05) is 12.4 Å². The van der Waals surface area contributed by atoms with Crippen molar-refractivity contribution < 1.29 is 8.42 Å². The van der Waals surface area contributed by atoms with Crippen LogP contribution in [0.25, 0.3) is 0 Å². The molecule has 0 bridgehead atoms. The topological polar surface area (TPSA) is 37.4 Å². The maximum atomic E-state index is 11.8. The summed E-state index contributed by atoms with van der Waals surface area (Å²) in [7, 11) is -3.14. The molecule has 5 heteroatoms. The smallest absolute Gasteiger partial charge is 0.212 e. The zero-order chi connectivity index (χ0) is 10.1. The van der Waals surface area contributed by atoms with E-state index in [9.17, 15) is 8.42 Å². The molecule has 3 nitrogen and oxygen atoms in total. The predicted octanol–water partition coefficient (Wildman–Crippen LogP) is 1.43. The number of hydrogen-bond acceptors (Lipinski definition) is 2. The summed E-state index contributed by atoms with van der Waals surface area (Å²) in [6.07, 6.45) is 2.00. The molecule has 0 radical (unpaired) electrons. The highest BCUT2D eigenvalue weighted by molar-refractivity contribution is 7.89. The van der Waals surface area contributed by atoms with E-state index in [0.29, 0.717) is 6.54 Å². The molecule has 0 heterocycles. The second kappa shape index (κ2) is 4.15. The molecule has 1 aliphatic rings. The van der Waals surface area contributed by atoms with Gasteiger partial charge in [-0.25, -0.2) is 8.42 Å². The first-order chi connectivity index (χ1) is 6.04. The minimum atomic E-state index is -3.14. The first kappa shape index (κ1) is 11.3.